The summed E-state index contributed by atoms with van der Waals surface area (Å²) in [5.74, 6) is -0.0627. The van der Waals surface area contributed by atoms with Gasteiger partial charge < -0.3 is 14.5 Å². The summed E-state index contributed by atoms with van der Waals surface area (Å²) in [6, 6.07) is 15.1. The van der Waals surface area contributed by atoms with Gasteiger partial charge in [0.1, 0.15) is 23.1 Å². The molecule has 2 aliphatic rings. The number of thiazole rings is 1. The Kier molecular flexibility index (Phi) is 7.48. The van der Waals surface area contributed by atoms with Crippen molar-refractivity contribution in [2.75, 3.05) is 26.2 Å². The van der Waals surface area contributed by atoms with Crippen LogP contribution in [0.4, 0.5) is 4.39 Å². The highest BCUT2D eigenvalue weighted by Gasteiger charge is 2.28. The normalized spacial score (nSPS) is 16.2. The summed E-state index contributed by atoms with van der Waals surface area (Å²) < 4.78 is 22.3. The molecule has 2 fully saturated rings. The molecule has 5 aromatic rings. The fraction of sp³-hybridized carbons (Fsp3) is 0.344. The minimum atomic E-state index is -0.366. The van der Waals surface area contributed by atoms with Crippen molar-refractivity contribution in [2.45, 2.75) is 44.8 Å². The van der Waals surface area contributed by atoms with Crippen LogP contribution in [0.15, 0.2) is 60.9 Å². The van der Waals surface area contributed by atoms with Gasteiger partial charge in [-0.2, -0.15) is 5.10 Å². The summed E-state index contributed by atoms with van der Waals surface area (Å²) in [6.45, 7) is 2.70. The Hall–Kier alpha value is -4.38. The molecule has 0 aliphatic carbocycles. The highest BCUT2D eigenvalue weighted by molar-refractivity contribution is 7.18. The third-order valence-electron chi connectivity index (χ3n) is 8.27. The molecule has 7 rings (SSSR count). The molecule has 2 aliphatic heterocycles. The van der Waals surface area contributed by atoms with Crippen LogP contribution in [0.2, 0.25) is 0 Å². The minimum absolute atomic E-state index is 0.0375. The van der Waals surface area contributed by atoms with E-state index in [1.807, 2.05) is 47.4 Å². The first-order valence-corrected chi connectivity index (χ1v) is 15.5. The van der Waals surface area contributed by atoms with Crippen molar-refractivity contribution < 1.29 is 18.7 Å². The number of rotatable bonds is 6. The summed E-state index contributed by atoms with van der Waals surface area (Å²) in [5.41, 5.74) is 2.22. The number of carbonyl (C=O) groups is 2. The Labute approximate surface area is 251 Å². The van der Waals surface area contributed by atoms with Gasteiger partial charge in [-0.3, -0.25) is 14.3 Å². The maximum Gasteiger partial charge on any atom is 0.272 e. The first-order valence-electron chi connectivity index (χ1n) is 14.7. The van der Waals surface area contributed by atoms with Crippen LogP contribution in [-0.2, 0) is 6.61 Å². The highest BCUT2D eigenvalue weighted by Crippen LogP contribution is 2.29. The lowest BCUT2D eigenvalue weighted by atomic mass is 10.0. The molecule has 0 saturated carbocycles. The molecule has 0 atom stereocenters. The number of hydrogen-bond donors (Lipinski definition) is 0. The molecular weight excluding hydrogens is 567 g/mol. The maximum atomic E-state index is 13.8. The van der Waals surface area contributed by atoms with E-state index in [2.05, 4.69) is 10.1 Å². The van der Waals surface area contributed by atoms with Gasteiger partial charge in [-0.1, -0.05) is 12.1 Å². The zero-order valence-electron chi connectivity index (χ0n) is 23.6. The lowest BCUT2D eigenvalue weighted by Gasteiger charge is -2.32. The number of halogens is 1. The number of benzene rings is 2. The number of nitrogens with zero attached hydrogens (tertiary/aromatic N) is 6. The first-order chi connectivity index (χ1) is 21.0. The van der Waals surface area contributed by atoms with Crippen LogP contribution in [0.5, 0.6) is 5.75 Å². The Morgan fingerprint density at radius 3 is 2.47 bits per heavy atom. The second-order valence-electron chi connectivity index (χ2n) is 11.1. The molecule has 43 heavy (non-hydrogen) atoms. The van der Waals surface area contributed by atoms with Gasteiger partial charge in [0.15, 0.2) is 5.82 Å². The first kappa shape index (κ1) is 27.5. The van der Waals surface area contributed by atoms with Crippen LogP contribution in [0, 0.1) is 5.82 Å². The molecule has 3 aromatic heterocycles. The number of pyridine rings is 1. The summed E-state index contributed by atoms with van der Waals surface area (Å²) in [5, 5.41) is 5.62. The second kappa shape index (κ2) is 11.7. The Balaban J connectivity index is 1.15. The minimum Gasteiger partial charge on any atom is -0.486 e. The smallest absolute Gasteiger partial charge is 0.272 e. The average molecular weight is 599 g/mol. The third kappa shape index (κ3) is 5.69. The average Bonchev–Trinajstić information content (AvgIpc) is 3.69. The van der Waals surface area contributed by atoms with E-state index < -0.39 is 0 Å². The van der Waals surface area contributed by atoms with Crippen LogP contribution >= 0.6 is 11.3 Å². The van der Waals surface area contributed by atoms with Gasteiger partial charge in [-0.05, 0) is 68.5 Å². The molecule has 0 N–H and O–H groups in total. The predicted octanol–water partition coefficient (Wildman–Crippen LogP) is 5.86. The predicted molar refractivity (Wildman–Crippen MR) is 162 cm³/mol. The van der Waals surface area contributed by atoms with E-state index in [4.69, 9.17) is 9.72 Å². The Morgan fingerprint density at radius 1 is 0.907 bits per heavy atom. The second-order valence-corrected chi connectivity index (χ2v) is 12.2. The lowest BCUT2D eigenvalue weighted by Crippen LogP contribution is -2.40. The summed E-state index contributed by atoms with van der Waals surface area (Å²) in [4.78, 5) is 40.5. The van der Waals surface area contributed by atoms with Crippen molar-refractivity contribution in [1.29, 1.82) is 0 Å². The SMILES string of the molecule is O=C(c1cc(C(=O)N2CCCCC2)c2cc(OCc3nc4ccccc4s3)ccc2n1)N1CCC(n2cc(F)cn2)CC1. The quantitative estimate of drug-likeness (QED) is 0.243. The number of aromatic nitrogens is 4. The molecule has 220 valence electrons. The van der Waals surface area contributed by atoms with E-state index in [-0.39, 0.29) is 29.4 Å². The number of hydrogen-bond acceptors (Lipinski definition) is 7. The zero-order valence-corrected chi connectivity index (χ0v) is 24.4. The summed E-state index contributed by atoms with van der Waals surface area (Å²) in [6.07, 6.45) is 6.95. The van der Waals surface area contributed by atoms with Gasteiger partial charge in [-0.15, -0.1) is 11.3 Å². The molecule has 2 amide bonds. The molecule has 5 heterocycles. The zero-order chi connectivity index (χ0) is 29.3. The lowest BCUT2D eigenvalue weighted by molar-refractivity contribution is 0.0684. The van der Waals surface area contributed by atoms with Crippen LogP contribution < -0.4 is 4.74 Å². The fourth-order valence-corrected chi connectivity index (χ4v) is 6.87. The van der Waals surface area contributed by atoms with E-state index in [0.717, 1.165) is 34.5 Å². The molecule has 2 aromatic carbocycles. The van der Waals surface area contributed by atoms with E-state index >= 15 is 0 Å². The summed E-state index contributed by atoms with van der Waals surface area (Å²) in [7, 11) is 0. The number of carbonyl (C=O) groups excluding carboxylic acids is 2. The Bertz CT molecular complexity index is 1770. The van der Waals surface area contributed by atoms with Gasteiger partial charge in [-0.25, -0.2) is 14.4 Å². The molecule has 2 saturated heterocycles. The van der Waals surface area contributed by atoms with Gasteiger partial charge in [0, 0.05) is 31.6 Å². The van der Waals surface area contributed by atoms with Crippen molar-refractivity contribution in [3.63, 3.8) is 0 Å². The Morgan fingerprint density at radius 2 is 1.70 bits per heavy atom. The number of para-hydroxylation sites is 1. The van der Waals surface area contributed by atoms with Crippen molar-refractivity contribution in [1.82, 2.24) is 29.5 Å². The van der Waals surface area contributed by atoms with E-state index in [1.54, 1.807) is 27.0 Å². The molecule has 0 unspecified atom stereocenters. The molecule has 0 bridgehead atoms. The number of ether oxygens (including phenoxy) is 1. The van der Waals surface area contributed by atoms with Gasteiger partial charge in [0.2, 0.25) is 0 Å². The fourth-order valence-electron chi connectivity index (χ4n) is 5.99. The molecule has 11 heteroatoms. The maximum absolute atomic E-state index is 13.8. The van der Waals surface area contributed by atoms with Gasteiger partial charge in [0.25, 0.3) is 11.8 Å². The molecule has 0 radical (unpaired) electrons. The van der Waals surface area contributed by atoms with Crippen molar-refractivity contribution in [2.24, 2.45) is 0 Å². The van der Waals surface area contributed by atoms with Crippen molar-refractivity contribution in [3.8, 4) is 5.75 Å². The molecule has 0 spiro atoms. The van der Waals surface area contributed by atoms with Crippen LogP contribution in [0.1, 0.15) is 64.0 Å². The van der Waals surface area contributed by atoms with Crippen molar-refractivity contribution in [3.05, 3.63) is 83.0 Å². The van der Waals surface area contributed by atoms with Gasteiger partial charge >= 0.3 is 0 Å². The van der Waals surface area contributed by atoms with E-state index in [9.17, 15) is 14.0 Å². The molecular formula is C32H31FN6O3S. The monoisotopic (exact) mass is 598 g/mol. The third-order valence-corrected chi connectivity index (χ3v) is 9.28. The number of likely N-dealkylation sites (tertiary alicyclic amines) is 2. The van der Waals surface area contributed by atoms with Crippen LogP contribution in [-0.4, -0.2) is 67.5 Å². The highest BCUT2D eigenvalue weighted by atomic mass is 32.1. The molecule has 9 nitrogen and oxygen atoms in total. The number of amides is 2. The topological polar surface area (TPSA) is 93.5 Å². The van der Waals surface area contributed by atoms with Gasteiger partial charge in [0.05, 0.1) is 39.7 Å². The number of fused-ring (bicyclic) bond motifs is 2. The summed E-state index contributed by atoms with van der Waals surface area (Å²) >= 11 is 1.59. The standard InChI is InChI=1S/C32H31FN6O3S/c33-21-18-34-39(19-21)22-10-14-38(15-11-22)32(41)28-17-25(31(40)37-12-4-1-5-13-37)24-16-23(8-9-26(24)35-28)42-20-30-36-27-6-2-3-7-29(27)43-30/h2-3,6-9,16-19,22H,1,4-5,10-15,20H2. The largest absolute Gasteiger partial charge is 0.486 e. The van der Waals surface area contributed by atoms with E-state index in [1.165, 1.54) is 12.4 Å². The van der Waals surface area contributed by atoms with Crippen LogP contribution in [0.25, 0.3) is 21.1 Å². The van der Waals surface area contributed by atoms with Crippen LogP contribution in [0.3, 0.4) is 0 Å². The van der Waals surface area contributed by atoms with Crippen molar-refractivity contribution >= 4 is 44.3 Å². The number of piperidine rings is 2. The van der Waals surface area contributed by atoms with E-state index in [0.29, 0.717) is 67.8 Å².